The maximum Gasteiger partial charge on any atom is 0.0552 e. The molecule has 1 nitrogen and oxygen atoms in total. The molecule has 11 heavy (non-hydrogen) atoms. The van der Waals surface area contributed by atoms with E-state index >= 15 is 0 Å². The SMILES string of the molecule is C=CCC([SiH3])(CC=C)OCC. The van der Waals surface area contributed by atoms with Gasteiger partial charge in [0, 0.05) is 16.8 Å². The van der Waals surface area contributed by atoms with Gasteiger partial charge in [-0.15, -0.1) is 13.2 Å². The lowest BCUT2D eigenvalue weighted by molar-refractivity contribution is 0.0316. The highest BCUT2D eigenvalue weighted by Gasteiger charge is 2.20. The predicted molar refractivity (Wildman–Crippen MR) is 53.9 cm³/mol. The molecule has 0 spiro atoms. The lowest BCUT2D eigenvalue weighted by atomic mass is 10.1. The van der Waals surface area contributed by atoms with Crippen molar-refractivity contribution in [3.8, 4) is 0 Å². The van der Waals surface area contributed by atoms with Gasteiger partial charge >= 0.3 is 0 Å². The molecule has 0 aliphatic heterocycles. The van der Waals surface area contributed by atoms with Crippen LogP contribution in [0.5, 0.6) is 0 Å². The van der Waals surface area contributed by atoms with E-state index in [9.17, 15) is 0 Å². The van der Waals surface area contributed by atoms with Crippen molar-refractivity contribution in [3.05, 3.63) is 25.3 Å². The lowest BCUT2D eigenvalue weighted by Crippen LogP contribution is -2.31. The summed E-state index contributed by atoms with van der Waals surface area (Å²) in [5.41, 5.74) is 0. The van der Waals surface area contributed by atoms with Crippen LogP contribution in [0, 0.1) is 0 Å². The molecule has 0 saturated carbocycles. The molecule has 0 saturated heterocycles. The first-order chi connectivity index (χ1) is 5.18. The van der Waals surface area contributed by atoms with Crippen LogP contribution in [0.3, 0.4) is 0 Å². The largest absolute Gasteiger partial charge is 0.379 e. The average Bonchev–Trinajstić information content (AvgIpc) is 1.88. The van der Waals surface area contributed by atoms with Gasteiger partial charge in [0.25, 0.3) is 0 Å². The van der Waals surface area contributed by atoms with Crippen molar-refractivity contribution >= 4 is 10.2 Å². The van der Waals surface area contributed by atoms with Crippen LogP contribution >= 0.6 is 0 Å². The first-order valence-electron chi connectivity index (χ1n) is 4.04. The Morgan fingerprint density at radius 3 is 2.09 bits per heavy atom. The predicted octanol–water partition coefficient (Wildman–Crippen LogP) is 1.24. The normalized spacial score (nSPS) is 11.4. The van der Waals surface area contributed by atoms with Crippen LogP contribution in [0.4, 0.5) is 0 Å². The van der Waals surface area contributed by atoms with Gasteiger partial charge in [-0.1, -0.05) is 12.2 Å². The second-order valence-corrected chi connectivity index (χ2v) is 4.69. The van der Waals surface area contributed by atoms with Gasteiger partial charge in [-0.05, 0) is 19.8 Å². The fourth-order valence-corrected chi connectivity index (χ4v) is 2.03. The van der Waals surface area contributed by atoms with E-state index in [0.29, 0.717) is 0 Å². The molecule has 2 heteroatoms. The van der Waals surface area contributed by atoms with Crippen LogP contribution in [0.1, 0.15) is 19.8 Å². The second-order valence-electron chi connectivity index (χ2n) is 2.87. The summed E-state index contributed by atoms with van der Waals surface area (Å²) in [5.74, 6) is 0. The van der Waals surface area contributed by atoms with Crippen LogP contribution in [-0.4, -0.2) is 22.1 Å². The second kappa shape index (κ2) is 5.33. The molecule has 0 aliphatic carbocycles. The summed E-state index contributed by atoms with van der Waals surface area (Å²) in [6.45, 7) is 10.2. The van der Waals surface area contributed by atoms with E-state index in [2.05, 4.69) is 13.2 Å². The molecule has 0 bridgehead atoms. The summed E-state index contributed by atoms with van der Waals surface area (Å²) >= 11 is 0. The molecular weight excluding hydrogens is 152 g/mol. The van der Waals surface area contributed by atoms with E-state index in [-0.39, 0.29) is 5.22 Å². The Morgan fingerprint density at radius 2 is 1.82 bits per heavy atom. The van der Waals surface area contributed by atoms with E-state index in [1.165, 1.54) is 0 Å². The molecule has 0 aromatic carbocycles. The Labute approximate surface area is 72.6 Å². The quantitative estimate of drug-likeness (QED) is 0.430. The molecule has 0 amide bonds. The van der Waals surface area contributed by atoms with Crippen molar-refractivity contribution in [1.82, 2.24) is 0 Å². The van der Waals surface area contributed by atoms with Crippen molar-refractivity contribution in [2.24, 2.45) is 0 Å². The van der Waals surface area contributed by atoms with E-state index in [0.717, 1.165) is 29.7 Å². The van der Waals surface area contributed by atoms with Gasteiger partial charge in [0.1, 0.15) is 0 Å². The molecule has 0 aromatic rings. The summed E-state index contributed by atoms with van der Waals surface area (Å²) in [5, 5.41) is 0.0538. The third-order valence-corrected chi connectivity index (χ3v) is 2.75. The van der Waals surface area contributed by atoms with Crippen molar-refractivity contribution in [2.45, 2.75) is 25.0 Å². The van der Waals surface area contributed by atoms with E-state index in [4.69, 9.17) is 4.74 Å². The average molecular weight is 170 g/mol. The molecule has 0 aliphatic rings. The van der Waals surface area contributed by atoms with Gasteiger partial charge < -0.3 is 4.74 Å². The Kier molecular flexibility index (Phi) is 5.16. The highest BCUT2D eigenvalue weighted by Crippen LogP contribution is 2.17. The Balaban J connectivity index is 3.98. The number of ether oxygens (including phenoxy) is 1. The first-order valence-corrected chi connectivity index (χ1v) is 5.04. The maximum atomic E-state index is 5.63. The number of rotatable bonds is 6. The molecule has 0 heterocycles. The Hall–Kier alpha value is -0.343. The van der Waals surface area contributed by atoms with Crippen LogP contribution in [0.15, 0.2) is 25.3 Å². The van der Waals surface area contributed by atoms with Crippen LogP contribution in [0.2, 0.25) is 0 Å². The molecule has 0 atom stereocenters. The van der Waals surface area contributed by atoms with E-state index < -0.39 is 0 Å². The van der Waals surface area contributed by atoms with Crippen molar-refractivity contribution < 1.29 is 4.74 Å². The maximum absolute atomic E-state index is 5.63. The minimum atomic E-state index is 0.0538. The van der Waals surface area contributed by atoms with E-state index in [1.807, 2.05) is 19.1 Å². The third-order valence-electron chi connectivity index (χ3n) is 1.65. The van der Waals surface area contributed by atoms with Crippen LogP contribution in [0.25, 0.3) is 0 Å². The summed E-state index contributed by atoms with van der Waals surface area (Å²) < 4.78 is 5.63. The third kappa shape index (κ3) is 4.17. The highest BCUT2D eigenvalue weighted by molar-refractivity contribution is 6.14. The smallest absolute Gasteiger partial charge is 0.0552 e. The summed E-state index contributed by atoms with van der Waals surface area (Å²) in [4.78, 5) is 0. The Bertz CT molecular complexity index is 122. The number of hydrogen-bond donors (Lipinski definition) is 0. The van der Waals surface area contributed by atoms with Crippen molar-refractivity contribution in [3.63, 3.8) is 0 Å². The minimum Gasteiger partial charge on any atom is -0.379 e. The molecule has 0 aromatic heterocycles. The molecule has 64 valence electrons. The number of hydrogen-bond acceptors (Lipinski definition) is 1. The Morgan fingerprint density at radius 1 is 1.36 bits per heavy atom. The molecule has 0 unspecified atom stereocenters. The molecule has 0 radical (unpaired) electrons. The summed E-state index contributed by atoms with van der Waals surface area (Å²) in [6.07, 6.45) is 5.73. The molecular formula is C9H18OSi. The first kappa shape index (κ1) is 10.7. The molecule has 0 fully saturated rings. The zero-order chi connectivity index (χ0) is 8.74. The van der Waals surface area contributed by atoms with Gasteiger partial charge in [0.05, 0.1) is 5.22 Å². The van der Waals surface area contributed by atoms with Crippen LogP contribution in [-0.2, 0) is 4.74 Å². The van der Waals surface area contributed by atoms with Crippen LogP contribution < -0.4 is 0 Å². The minimum absolute atomic E-state index is 0.0538. The van der Waals surface area contributed by atoms with Gasteiger partial charge in [-0.25, -0.2) is 0 Å². The standard InChI is InChI=1S/C9H18OSi/c1-4-7-9(11,8-5-2)10-6-3/h4-5H,1-2,6-8H2,3,11H3. The zero-order valence-corrected chi connectivity index (χ0v) is 9.60. The monoisotopic (exact) mass is 170 g/mol. The van der Waals surface area contributed by atoms with Gasteiger partial charge in [0.2, 0.25) is 0 Å². The fourth-order valence-electron chi connectivity index (χ4n) is 1.16. The van der Waals surface area contributed by atoms with E-state index in [1.54, 1.807) is 0 Å². The topological polar surface area (TPSA) is 9.23 Å². The van der Waals surface area contributed by atoms with Crippen molar-refractivity contribution in [1.29, 1.82) is 0 Å². The summed E-state index contributed by atoms with van der Waals surface area (Å²) in [6, 6.07) is 0. The summed E-state index contributed by atoms with van der Waals surface area (Å²) in [7, 11) is 1.03. The lowest BCUT2D eigenvalue weighted by Gasteiger charge is -2.26. The highest BCUT2D eigenvalue weighted by atomic mass is 28.1. The zero-order valence-electron chi connectivity index (χ0n) is 7.60. The van der Waals surface area contributed by atoms with Gasteiger partial charge in [-0.3, -0.25) is 0 Å². The molecule has 0 rings (SSSR count). The fraction of sp³-hybridized carbons (Fsp3) is 0.556. The van der Waals surface area contributed by atoms with Gasteiger partial charge in [0.15, 0.2) is 0 Å². The van der Waals surface area contributed by atoms with Gasteiger partial charge in [-0.2, -0.15) is 0 Å². The molecule has 0 N–H and O–H groups in total. The van der Waals surface area contributed by atoms with Crippen molar-refractivity contribution in [2.75, 3.05) is 6.61 Å².